The van der Waals surface area contributed by atoms with Gasteiger partial charge in [-0.3, -0.25) is 14.6 Å². The maximum atomic E-state index is 12.3. The van der Waals surface area contributed by atoms with Crippen molar-refractivity contribution in [2.45, 2.75) is 39.2 Å². The number of hydrogen-bond donors (Lipinski definition) is 3. The van der Waals surface area contributed by atoms with E-state index in [1.165, 1.54) is 5.56 Å². The fourth-order valence-electron chi connectivity index (χ4n) is 3.27. The molecular formula is C21H33N5O2. The Morgan fingerprint density at radius 2 is 2.00 bits per heavy atom. The number of hydrogen-bond acceptors (Lipinski definition) is 3. The third-order valence-corrected chi connectivity index (χ3v) is 4.68. The Hall–Kier alpha value is -2.57. The SMILES string of the molecule is CN=C(NCCC(=O)NC(C)C)NCC1CC(=O)N(CCc2ccccc2)C1. The average molecular weight is 388 g/mol. The Labute approximate surface area is 168 Å². The second-order valence-electron chi connectivity index (χ2n) is 7.50. The third-order valence-electron chi connectivity index (χ3n) is 4.68. The lowest BCUT2D eigenvalue weighted by atomic mass is 10.1. The van der Waals surface area contributed by atoms with Crippen molar-refractivity contribution < 1.29 is 9.59 Å². The number of carbonyl (C=O) groups is 2. The number of carbonyl (C=O) groups excluding carboxylic acids is 2. The van der Waals surface area contributed by atoms with E-state index in [2.05, 4.69) is 33.1 Å². The Bertz CT molecular complexity index is 660. The molecule has 0 spiro atoms. The molecule has 0 aromatic heterocycles. The van der Waals surface area contributed by atoms with Gasteiger partial charge >= 0.3 is 0 Å². The van der Waals surface area contributed by atoms with E-state index in [4.69, 9.17) is 0 Å². The van der Waals surface area contributed by atoms with Crippen LogP contribution in [0.15, 0.2) is 35.3 Å². The van der Waals surface area contributed by atoms with E-state index in [9.17, 15) is 9.59 Å². The lowest BCUT2D eigenvalue weighted by Gasteiger charge is -2.18. The van der Waals surface area contributed by atoms with Crippen LogP contribution < -0.4 is 16.0 Å². The number of nitrogens with one attached hydrogen (secondary N) is 3. The van der Waals surface area contributed by atoms with Crippen molar-refractivity contribution in [1.82, 2.24) is 20.9 Å². The van der Waals surface area contributed by atoms with Crippen molar-refractivity contribution in [2.24, 2.45) is 10.9 Å². The summed E-state index contributed by atoms with van der Waals surface area (Å²) in [6.45, 7) is 6.62. The Morgan fingerprint density at radius 3 is 2.68 bits per heavy atom. The number of rotatable bonds is 9. The lowest BCUT2D eigenvalue weighted by molar-refractivity contribution is -0.127. The first-order valence-electron chi connectivity index (χ1n) is 10.0. The van der Waals surface area contributed by atoms with Crippen molar-refractivity contribution >= 4 is 17.8 Å². The number of nitrogens with zero attached hydrogens (tertiary/aromatic N) is 2. The zero-order chi connectivity index (χ0) is 20.4. The van der Waals surface area contributed by atoms with Gasteiger partial charge in [0.2, 0.25) is 11.8 Å². The molecule has 0 aliphatic carbocycles. The lowest BCUT2D eigenvalue weighted by Crippen LogP contribution is -2.42. The molecular weight excluding hydrogens is 354 g/mol. The monoisotopic (exact) mass is 387 g/mol. The van der Waals surface area contributed by atoms with Gasteiger partial charge in [0.05, 0.1) is 0 Å². The van der Waals surface area contributed by atoms with Gasteiger partial charge in [-0.2, -0.15) is 0 Å². The second-order valence-corrected chi connectivity index (χ2v) is 7.50. The van der Waals surface area contributed by atoms with Crippen molar-refractivity contribution in [3.05, 3.63) is 35.9 Å². The number of guanidine groups is 1. The normalized spacial score (nSPS) is 17.1. The number of aliphatic imine (C=N–C) groups is 1. The minimum Gasteiger partial charge on any atom is -0.356 e. The molecule has 0 saturated carbocycles. The Morgan fingerprint density at radius 1 is 1.25 bits per heavy atom. The summed E-state index contributed by atoms with van der Waals surface area (Å²) in [7, 11) is 1.70. The van der Waals surface area contributed by atoms with E-state index >= 15 is 0 Å². The number of benzene rings is 1. The molecule has 0 bridgehead atoms. The molecule has 1 unspecified atom stereocenters. The molecule has 1 saturated heterocycles. The average Bonchev–Trinajstić information content (AvgIpc) is 3.02. The molecule has 28 heavy (non-hydrogen) atoms. The molecule has 3 N–H and O–H groups in total. The number of amides is 2. The second kappa shape index (κ2) is 11.3. The summed E-state index contributed by atoms with van der Waals surface area (Å²) in [6.07, 6.45) is 1.85. The molecule has 154 valence electrons. The summed E-state index contributed by atoms with van der Waals surface area (Å²) in [4.78, 5) is 30.1. The fourth-order valence-corrected chi connectivity index (χ4v) is 3.27. The molecule has 1 aliphatic rings. The van der Waals surface area contributed by atoms with Crippen molar-refractivity contribution in [3.8, 4) is 0 Å². The first-order valence-corrected chi connectivity index (χ1v) is 10.0. The summed E-state index contributed by atoms with van der Waals surface area (Å²) < 4.78 is 0. The van der Waals surface area contributed by atoms with E-state index < -0.39 is 0 Å². The van der Waals surface area contributed by atoms with E-state index in [1.54, 1.807) is 7.05 Å². The molecule has 1 atom stereocenters. The third kappa shape index (κ3) is 7.58. The maximum absolute atomic E-state index is 12.3. The quantitative estimate of drug-likeness (QED) is 0.438. The van der Waals surface area contributed by atoms with Gasteiger partial charge in [0.1, 0.15) is 0 Å². The fraction of sp³-hybridized carbons (Fsp3) is 0.571. The van der Waals surface area contributed by atoms with Gasteiger partial charge in [0.25, 0.3) is 0 Å². The zero-order valence-corrected chi connectivity index (χ0v) is 17.2. The van der Waals surface area contributed by atoms with Gasteiger partial charge in [-0.1, -0.05) is 30.3 Å². The van der Waals surface area contributed by atoms with Crippen LogP contribution in [0.1, 0.15) is 32.3 Å². The Kier molecular flexibility index (Phi) is 8.78. The highest BCUT2D eigenvalue weighted by Crippen LogP contribution is 2.17. The van der Waals surface area contributed by atoms with E-state index in [0.29, 0.717) is 31.9 Å². The van der Waals surface area contributed by atoms with Crippen LogP contribution in [0.4, 0.5) is 0 Å². The van der Waals surface area contributed by atoms with E-state index in [1.807, 2.05) is 36.9 Å². The first-order chi connectivity index (χ1) is 13.5. The standard InChI is InChI=1S/C21H33N5O2/c1-16(2)25-19(27)9-11-23-21(22-3)24-14-18-13-20(28)26(15-18)12-10-17-7-5-4-6-8-17/h4-8,16,18H,9-15H2,1-3H3,(H,25,27)(H2,22,23,24). The van der Waals surface area contributed by atoms with Gasteiger partial charge in [-0.25, -0.2) is 0 Å². The summed E-state index contributed by atoms with van der Waals surface area (Å²) in [5.41, 5.74) is 1.25. The smallest absolute Gasteiger partial charge is 0.223 e. The van der Waals surface area contributed by atoms with Crippen LogP contribution in [0.2, 0.25) is 0 Å². The minimum atomic E-state index is 0.0217. The Balaban J connectivity index is 1.67. The predicted octanol–water partition coefficient (Wildman–Crippen LogP) is 1.16. The molecule has 1 heterocycles. The molecule has 1 aromatic rings. The molecule has 1 fully saturated rings. The number of likely N-dealkylation sites (tertiary alicyclic amines) is 1. The molecule has 0 radical (unpaired) electrons. The van der Waals surface area contributed by atoms with Crippen LogP contribution in [-0.2, 0) is 16.0 Å². The zero-order valence-electron chi connectivity index (χ0n) is 17.2. The van der Waals surface area contributed by atoms with Crippen LogP contribution in [0.5, 0.6) is 0 Å². The molecule has 7 nitrogen and oxygen atoms in total. The maximum Gasteiger partial charge on any atom is 0.223 e. The minimum absolute atomic E-state index is 0.0217. The molecule has 7 heteroatoms. The highest BCUT2D eigenvalue weighted by molar-refractivity contribution is 5.82. The molecule has 1 aliphatic heterocycles. The van der Waals surface area contributed by atoms with Crippen LogP contribution >= 0.6 is 0 Å². The molecule has 2 amide bonds. The molecule has 1 aromatic carbocycles. The predicted molar refractivity (Wildman–Crippen MR) is 112 cm³/mol. The summed E-state index contributed by atoms with van der Waals surface area (Å²) in [5.74, 6) is 1.17. The van der Waals surface area contributed by atoms with Gasteiger partial charge in [-0.05, 0) is 25.8 Å². The van der Waals surface area contributed by atoms with Crippen molar-refractivity contribution in [2.75, 3.05) is 33.2 Å². The topological polar surface area (TPSA) is 85.8 Å². The van der Waals surface area contributed by atoms with Crippen LogP contribution in [0.3, 0.4) is 0 Å². The van der Waals surface area contributed by atoms with Crippen LogP contribution in [-0.4, -0.2) is 61.9 Å². The molecule has 2 rings (SSSR count). The van der Waals surface area contributed by atoms with Crippen molar-refractivity contribution in [3.63, 3.8) is 0 Å². The highest BCUT2D eigenvalue weighted by Gasteiger charge is 2.29. The summed E-state index contributed by atoms with van der Waals surface area (Å²) in [5, 5.41) is 9.28. The van der Waals surface area contributed by atoms with Gasteiger partial charge in [0, 0.05) is 58.0 Å². The van der Waals surface area contributed by atoms with Gasteiger partial charge in [-0.15, -0.1) is 0 Å². The van der Waals surface area contributed by atoms with Gasteiger partial charge < -0.3 is 20.9 Å². The van der Waals surface area contributed by atoms with E-state index in [0.717, 1.165) is 19.5 Å². The van der Waals surface area contributed by atoms with Crippen molar-refractivity contribution in [1.29, 1.82) is 0 Å². The highest BCUT2D eigenvalue weighted by atomic mass is 16.2. The first kappa shape index (κ1) is 21.7. The van der Waals surface area contributed by atoms with Crippen LogP contribution in [0.25, 0.3) is 0 Å². The summed E-state index contributed by atoms with van der Waals surface area (Å²) >= 11 is 0. The van der Waals surface area contributed by atoms with E-state index in [-0.39, 0.29) is 23.8 Å². The largest absolute Gasteiger partial charge is 0.356 e. The summed E-state index contributed by atoms with van der Waals surface area (Å²) in [6, 6.07) is 10.4. The van der Waals surface area contributed by atoms with Crippen LogP contribution in [0, 0.1) is 5.92 Å². The van der Waals surface area contributed by atoms with Gasteiger partial charge in [0.15, 0.2) is 5.96 Å².